The minimum Gasteiger partial charge on any atom is -0.353 e. The van der Waals surface area contributed by atoms with Gasteiger partial charge < -0.3 is 9.88 Å². The smallest absolute Gasteiger partial charge is 0.269 e. The molecule has 22 heavy (non-hydrogen) atoms. The van der Waals surface area contributed by atoms with Gasteiger partial charge in [-0.05, 0) is 31.3 Å². The first-order valence-corrected chi connectivity index (χ1v) is 7.27. The Kier molecular flexibility index (Phi) is 5.21. The van der Waals surface area contributed by atoms with Crippen molar-refractivity contribution < 1.29 is 9.18 Å². The fraction of sp³-hybridized carbons (Fsp3) is 0.312. The second-order valence-corrected chi connectivity index (χ2v) is 5.88. The van der Waals surface area contributed by atoms with Gasteiger partial charge in [0, 0.05) is 43.5 Å². The highest BCUT2D eigenvalue weighted by Crippen LogP contribution is 2.21. The van der Waals surface area contributed by atoms with Crippen molar-refractivity contribution in [2.75, 3.05) is 21.1 Å². The Morgan fingerprint density at radius 1 is 1.18 bits per heavy atom. The fourth-order valence-corrected chi connectivity index (χ4v) is 2.42. The summed E-state index contributed by atoms with van der Waals surface area (Å²) in [4.78, 5) is 18.4. The Bertz CT molecular complexity index is 649. The lowest BCUT2D eigenvalue weighted by Crippen LogP contribution is -2.22. The van der Waals surface area contributed by atoms with Gasteiger partial charge in [-0.15, -0.1) is 0 Å². The average Bonchev–Trinajstić information content (AvgIpc) is 2.90. The zero-order valence-corrected chi connectivity index (χ0v) is 13.6. The van der Waals surface area contributed by atoms with Gasteiger partial charge in [0.25, 0.3) is 5.91 Å². The number of hydrogen-bond donors (Lipinski definition) is 1. The monoisotopic (exact) mass is 323 g/mol. The summed E-state index contributed by atoms with van der Waals surface area (Å²) in [7, 11) is 5.28. The Morgan fingerprint density at radius 3 is 2.55 bits per heavy atom. The highest BCUT2D eigenvalue weighted by molar-refractivity contribution is 6.31. The van der Waals surface area contributed by atoms with Gasteiger partial charge in [0.05, 0.1) is 0 Å². The maximum atomic E-state index is 13.8. The second-order valence-electron chi connectivity index (χ2n) is 5.47. The Balaban J connectivity index is 2.04. The van der Waals surface area contributed by atoms with Crippen molar-refractivity contribution >= 4 is 17.5 Å². The highest BCUT2D eigenvalue weighted by Gasteiger charge is 2.13. The van der Waals surface area contributed by atoms with Crippen LogP contribution in [0.3, 0.4) is 0 Å². The van der Waals surface area contributed by atoms with Crippen molar-refractivity contribution in [3.05, 3.63) is 58.1 Å². The van der Waals surface area contributed by atoms with E-state index in [-0.39, 0.29) is 11.7 Å². The topological polar surface area (TPSA) is 39.3 Å². The third-order valence-corrected chi connectivity index (χ3v) is 3.67. The first kappa shape index (κ1) is 16.5. The van der Waals surface area contributed by atoms with Crippen molar-refractivity contribution in [1.29, 1.82) is 0 Å². The van der Waals surface area contributed by atoms with Gasteiger partial charge in [-0.25, -0.2) is 4.39 Å². The van der Waals surface area contributed by atoms with Crippen molar-refractivity contribution in [2.45, 2.75) is 13.1 Å². The van der Waals surface area contributed by atoms with Crippen LogP contribution in [-0.2, 0) is 13.1 Å². The number of carbonyl (C=O) groups is 1. The molecule has 0 aliphatic carbocycles. The molecule has 4 nitrogen and oxygen atoms in total. The van der Waals surface area contributed by atoms with Crippen LogP contribution in [-0.4, -0.2) is 41.8 Å². The van der Waals surface area contributed by atoms with Gasteiger partial charge in [-0.3, -0.25) is 9.69 Å². The first-order valence-electron chi connectivity index (χ1n) is 6.89. The molecular formula is C16H19ClFN3O. The van der Waals surface area contributed by atoms with Crippen molar-refractivity contribution in [3.63, 3.8) is 0 Å². The number of halogens is 2. The van der Waals surface area contributed by atoms with Gasteiger partial charge in [-0.2, -0.15) is 0 Å². The first-order chi connectivity index (χ1) is 10.4. The molecule has 118 valence electrons. The van der Waals surface area contributed by atoms with Crippen molar-refractivity contribution in [1.82, 2.24) is 14.8 Å². The predicted molar refractivity (Wildman–Crippen MR) is 85.4 cm³/mol. The third-order valence-electron chi connectivity index (χ3n) is 3.31. The van der Waals surface area contributed by atoms with Crippen molar-refractivity contribution in [3.8, 4) is 0 Å². The molecule has 0 fully saturated rings. The van der Waals surface area contributed by atoms with Crippen LogP contribution in [0.1, 0.15) is 21.7 Å². The standard InChI is InChI=1S/C16H19ClFN3O/c1-20(2)16(22)15-8-7-11(19-15)9-21(3)10-12-13(17)5-4-6-14(12)18/h4-8,19H,9-10H2,1-3H3. The summed E-state index contributed by atoms with van der Waals surface area (Å²) in [5.74, 6) is -0.389. The van der Waals surface area contributed by atoms with Crippen LogP contribution < -0.4 is 0 Å². The van der Waals surface area contributed by atoms with Gasteiger partial charge in [0.2, 0.25) is 0 Å². The summed E-state index contributed by atoms with van der Waals surface area (Å²) in [6, 6.07) is 8.27. The van der Waals surface area contributed by atoms with Gasteiger partial charge in [0.1, 0.15) is 11.5 Å². The van der Waals surface area contributed by atoms with E-state index in [1.807, 2.05) is 18.0 Å². The molecule has 2 rings (SSSR count). The maximum Gasteiger partial charge on any atom is 0.269 e. The molecule has 0 spiro atoms. The zero-order valence-electron chi connectivity index (χ0n) is 12.9. The minimum atomic E-state index is -0.311. The predicted octanol–water partition coefficient (Wildman–Crippen LogP) is 3.14. The zero-order chi connectivity index (χ0) is 16.3. The third kappa shape index (κ3) is 3.87. The molecule has 6 heteroatoms. The molecule has 1 aromatic heterocycles. The summed E-state index contributed by atoms with van der Waals surface area (Å²) in [6.07, 6.45) is 0. The van der Waals surface area contributed by atoms with Crippen LogP contribution in [0.2, 0.25) is 5.02 Å². The molecule has 0 unspecified atom stereocenters. The van der Waals surface area contributed by atoms with Crippen LogP contribution in [0.25, 0.3) is 0 Å². The average molecular weight is 324 g/mol. The molecule has 0 atom stereocenters. The number of aromatic amines is 1. The number of carbonyl (C=O) groups excluding carboxylic acids is 1. The van der Waals surface area contributed by atoms with E-state index in [0.29, 0.717) is 29.4 Å². The van der Waals surface area contributed by atoms with Crippen LogP contribution in [0.5, 0.6) is 0 Å². The van der Waals surface area contributed by atoms with E-state index in [9.17, 15) is 9.18 Å². The number of nitrogens with zero attached hydrogens (tertiary/aromatic N) is 2. The van der Waals surface area contributed by atoms with Gasteiger partial charge >= 0.3 is 0 Å². The van der Waals surface area contributed by atoms with E-state index < -0.39 is 0 Å². The molecular weight excluding hydrogens is 305 g/mol. The number of amides is 1. The highest BCUT2D eigenvalue weighted by atomic mass is 35.5. The molecule has 0 saturated heterocycles. The van der Waals surface area contributed by atoms with E-state index >= 15 is 0 Å². The number of hydrogen-bond acceptors (Lipinski definition) is 2. The van der Waals surface area contributed by atoms with Crippen molar-refractivity contribution in [2.24, 2.45) is 0 Å². The van der Waals surface area contributed by atoms with E-state index in [1.54, 1.807) is 32.3 Å². The van der Waals surface area contributed by atoms with Crippen LogP contribution >= 0.6 is 11.6 Å². The quantitative estimate of drug-likeness (QED) is 0.918. The van der Waals surface area contributed by atoms with Crippen LogP contribution in [0.15, 0.2) is 30.3 Å². The van der Waals surface area contributed by atoms with Gasteiger partial charge in [0.15, 0.2) is 0 Å². The summed E-state index contributed by atoms with van der Waals surface area (Å²) < 4.78 is 13.8. The molecule has 1 amide bonds. The number of benzene rings is 1. The molecule has 2 aromatic rings. The number of H-pyrrole nitrogens is 1. The maximum absolute atomic E-state index is 13.8. The lowest BCUT2D eigenvalue weighted by atomic mass is 10.2. The second kappa shape index (κ2) is 6.94. The van der Waals surface area contributed by atoms with E-state index in [1.165, 1.54) is 11.0 Å². The lowest BCUT2D eigenvalue weighted by molar-refractivity contribution is 0.0822. The molecule has 0 bridgehead atoms. The summed E-state index contributed by atoms with van der Waals surface area (Å²) >= 11 is 6.03. The Hall–Kier alpha value is -1.85. The lowest BCUT2D eigenvalue weighted by Gasteiger charge is -2.17. The molecule has 1 N–H and O–H groups in total. The van der Waals surface area contributed by atoms with E-state index in [2.05, 4.69) is 4.98 Å². The molecule has 1 aromatic carbocycles. The molecule has 0 saturated carbocycles. The SMILES string of the molecule is CN(Cc1ccc(C(=O)N(C)C)[nH]1)Cc1c(F)cccc1Cl. The fourth-order valence-electron chi connectivity index (χ4n) is 2.20. The number of aromatic nitrogens is 1. The molecule has 1 heterocycles. The molecule has 0 aliphatic heterocycles. The normalized spacial score (nSPS) is 11.0. The summed E-state index contributed by atoms with van der Waals surface area (Å²) in [5.41, 5.74) is 1.90. The minimum absolute atomic E-state index is 0.0777. The van der Waals surface area contributed by atoms with Crippen LogP contribution in [0, 0.1) is 5.82 Å². The Labute approximate surface area is 134 Å². The van der Waals surface area contributed by atoms with Gasteiger partial charge in [-0.1, -0.05) is 17.7 Å². The summed E-state index contributed by atoms with van der Waals surface area (Å²) in [5, 5.41) is 0.418. The molecule has 0 aliphatic rings. The van der Waals surface area contributed by atoms with E-state index in [0.717, 1.165) is 5.69 Å². The number of nitrogens with one attached hydrogen (secondary N) is 1. The van der Waals surface area contributed by atoms with E-state index in [4.69, 9.17) is 11.6 Å². The summed E-state index contributed by atoms with van der Waals surface area (Å²) in [6.45, 7) is 0.951. The molecule has 0 radical (unpaired) electrons. The number of rotatable bonds is 5. The van der Waals surface area contributed by atoms with Crippen LogP contribution in [0.4, 0.5) is 4.39 Å². The Morgan fingerprint density at radius 2 is 1.91 bits per heavy atom. The largest absolute Gasteiger partial charge is 0.353 e.